The normalized spacial score (nSPS) is 11.9. The van der Waals surface area contributed by atoms with Crippen molar-refractivity contribution < 1.29 is 0 Å². The largest absolute Gasteiger partial charge is 0.318 e. The fourth-order valence-electron chi connectivity index (χ4n) is 2.48. The summed E-state index contributed by atoms with van der Waals surface area (Å²) in [4.78, 5) is 11.5. The molecule has 0 aliphatic heterocycles. The molecule has 0 N–H and O–H groups in total. The Balaban J connectivity index is 1.93. The Morgan fingerprint density at radius 3 is 2.74 bits per heavy atom. The maximum Gasteiger partial charge on any atom is 0.250 e. The van der Waals surface area contributed by atoms with Crippen LogP contribution >= 0.6 is 0 Å². The minimum atomic E-state index is -0.0390. The number of aromatic nitrogens is 3. The highest BCUT2D eigenvalue weighted by molar-refractivity contribution is 5.60. The van der Waals surface area contributed by atoms with Gasteiger partial charge in [0.1, 0.15) is 0 Å². The van der Waals surface area contributed by atoms with Crippen LogP contribution in [0.5, 0.6) is 0 Å². The van der Waals surface area contributed by atoms with Crippen LogP contribution in [0.4, 0.5) is 0 Å². The van der Waals surface area contributed by atoms with Gasteiger partial charge in [-0.15, -0.1) is 0 Å². The Morgan fingerprint density at radius 2 is 2.00 bits per heavy atom. The second-order valence-electron chi connectivity index (χ2n) is 5.49. The Labute approximate surface area is 134 Å². The third kappa shape index (κ3) is 2.92. The molecule has 0 aliphatic carbocycles. The van der Waals surface area contributed by atoms with Crippen LogP contribution in [0.2, 0.25) is 0 Å². The molecule has 1 aromatic carbocycles. The van der Waals surface area contributed by atoms with E-state index in [1.54, 1.807) is 42.2 Å². The van der Waals surface area contributed by atoms with E-state index in [9.17, 15) is 4.79 Å². The van der Waals surface area contributed by atoms with Crippen molar-refractivity contribution in [2.75, 3.05) is 0 Å². The van der Waals surface area contributed by atoms with E-state index in [0.717, 1.165) is 16.7 Å². The van der Waals surface area contributed by atoms with Crippen molar-refractivity contribution >= 4 is 0 Å². The van der Waals surface area contributed by atoms with E-state index in [0.29, 0.717) is 5.56 Å². The van der Waals surface area contributed by atoms with Crippen LogP contribution in [0.3, 0.4) is 0 Å². The van der Waals surface area contributed by atoms with E-state index >= 15 is 0 Å². The van der Waals surface area contributed by atoms with Crippen molar-refractivity contribution in [1.82, 2.24) is 14.3 Å². The van der Waals surface area contributed by atoms with Crippen LogP contribution < -0.4 is 5.56 Å². The molecule has 1 unspecified atom stereocenters. The molecule has 0 saturated heterocycles. The first-order valence-electron chi connectivity index (χ1n) is 7.30. The molecule has 3 aromatic rings. The monoisotopic (exact) mass is 304 g/mol. The van der Waals surface area contributed by atoms with Gasteiger partial charge in [-0.1, -0.05) is 12.1 Å². The van der Waals surface area contributed by atoms with Gasteiger partial charge in [-0.05, 0) is 30.7 Å². The molecule has 0 spiro atoms. The molecule has 0 amide bonds. The first kappa shape index (κ1) is 14.8. The molecule has 23 heavy (non-hydrogen) atoms. The van der Waals surface area contributed by atoms with Crippen molar-refractivity contribution in [3.8, 4) is 17.2 Å². The lowest BCUT2D eigenvalue weighted by atomic mass is 10.1. The van der Waals surface area contributed by atoms with Gasteiger partial charge < -0.3 is 4.57 Å². The van der Waals surface area contributed by atoms with Gasteiger partial charge in [0.2, 0.25) is 5.56 Å². The zero-order valence-corrected chi connectivity index (χ0v) is 13.0. The molecule has 5 heteroatoms. The summed E-state index contributed by atoms with van der Waals surface area (Å²) in [7, 11) is 1.73. The molecule has 3 rings (SSSR count). The van der Waals surface area contributed by atoms with Crippen LogP contribution in [0.1, 0.15) is 24.1 Å². The summed E-state index contributed by atoms with van der Waals surface area (Å²) >= 11 is 0. The van der Waals surface area contributed by atoms with Gasteiger partial charge in [-0.2, -0.15) is 10.4 Å². The molecule has 0 aliphatic rings. The Morgan fingerprint density at radius 1 is 1.17 bits per heavy atom. The summed E-state index contributed by atoms with van der Waals surface area (Å²) in [5.41, 5.74) is 3.52. The summed E-state index contributed by atoms with van der Waals surface area (Å²) in [6.45, 7) is 2.04. The second-order valence-corrected chi connectivity index (χ2v) is 5.49. The lowest BCUT2D eigenvalue weighted by Gasteiger charge is -2.12. The highest BCUT2D eigenvalue weighted by Gasteiger charge is 2.11. The number of hydrogen-bond donors (Lipinski definition) is 0. The maximum absolute atomic E-state index is 11.5. The van der Waals surface area contributed by atoms with Gasteiger partial charge in [0.25, 0.3) is 0 Å². The lowest BCUT2D eigenvalue weighted by Crippen LogP contribution is -2.13. The molecular weight excluding hydrogens is 288 g/mol. The molecule has 2 heterocycles. The zero-order chi connectivity index (χ0) is 16.4. The average Bonchev–Trinajstić information content (AvgIpc) is 3.06. The van der Waals surface area contributed by atoms with Crippen LogP contribution in [-0.4, -0.2) is 14.3 Å². The number of rotatable bonds is 3. The standard InChI is InChI=1S/C18H16N4O/c1-13(15-5-3-4-14(8-15)9-19)22-12-17(10-20-22)16-6-7-18(23)21(2)11-16/h3-8,10-13H,1-2H3. The number of benzene rings is 1. The molecule has 0 radical (unpaired) electrons. The first-order valence-corrected chi connectivity index (χ1v) is 7.30. The van der Waals surface area contributed by atoms with E-state index in [2.05, 4.69) is 11.2 Å². The van der Waals surface area contributed by atoms with Gasteiger partial charge in [-0.25, -0.2) is 0 Å². The molecule has 0 fully saturated rings. The number of nitrogens with zero attached hydrogens (tertiary/aromatic N) is 4. The molecule has 2 aromatic heterocycles. The van der Waals surface area contributed by atoms with Crippen molar-refractivity contribution in [2.45, 2.75) is 13.0 Å². The molecule has 1 atom stereocenters. The van der Waals surface area contributed by atoms with Gasteiger partial charge in [0.05, 0.1) is 23.9 Å². The Hall–Kier alpha value is -3.13. The first-order chi connectivity index (χ1) is 11.1. The minimum Gasteiger partial charge on any atom is -0.318 e. The predicted octanol–water partition coefficient (Wildman–Crippen LogP) is 2.73. The molecular formula is C18H16N4O. The number of nitriles is 1. The summed E-state index contributed by atoms with van der Waals surface area (Å²) in [5.74, 6) is 0. The van der Waals surface area contributed by atoms with Crippen LogP contribution in [-0.2, 0) is 7.05 Å². The fourth-order valence-corrected chi connectivity index (χ4v) is 2.48. The second kappa shape index (κ2) is 5.93. The van der Waals surface area contributed by atoms with Crippen LogP contribution in [0.25, 0.3) is 11.1 Å². The van der Waals surface area contributed by atoms with Crippen molar-refractivity contribution in [2.24, 2.45) is 7.05 Å². The fraction of sp³-hybridized carbons (Fsp3) is 0.167. The molecule has 114 valence electrons. The Kier molecular flexibility index (Phi) is 3.82. The van der Waals surface area contributed by atoms with E-state index in [-0.39, 0.29) is 11.6 Å². The highest BCUT2D eigenvalue weighted by atomic mass is 16.1. The van der Waals surface area contributed by atoms with Gasteiger partial charge in [0, 0.05) is 36.6 Å². The minimum absolute atomic E-state index is 0.0181. The van der Waals surface area contributed by atoms with Gasteiger partial charge >= 0.3 is 0 Å². The lowest BCUT2D eigenvalue weighted by molar-refractivity contribution is 0.564. The van der Waals surface area contributed by atoms with Crippen molar-refractivity contribution in [1.29, 1.82) is 5.26 Å². The molecule has 0 bridgehead atoms. The summed E-state index contributed by atoms with van der Waals surface area (Å²) in [6, 6.07) is 13.0. The van der Waals surface area contributed by atoms with E-state index in [4.69, 9.17) is 5.26 Å². The SMILES string of the molecule is CC(c1cccc(C#N)c1)n1cc(-c2ccc(=O)n(C)c2)cn1. The van der Waals surface area contributed by atoms with E-state index in [1.807, 2.05) is 36.0 Å². The number of hydrogen-bond acceptors (Lipinski definition) is 3. The Bertz CT molecular complexity index is 946. The summed E-state index contributed by atoms with van der Waals surface area (Å²) < 4.78 is 3.41. The third-order valence-electron chi connectivity index (χ3n) is 3.92. The van der Waals surface area contributed by atoms with Gasteiger partial charge in [0.15, 0.2) is 0 Å². The van der Waals surface area contributed by atoms with E-state index < -0.39 is 0 Å². The van der Waals surface area contributed by atoms with Crippen LogP contribution in [0.15, 0.2) is 59.8 Å². The number of pyridine rings is 1. The third-order valence-corrected chi connectivity index (χ3v) is 3.92. The van der Waals surface area contributed by atoms with Crippen LogP contribution in [0, 0.1) is 11.3 Å². The zero-order valence-electron chi connectivity index (χ0n) is 13.0. The maximum atomic E-state index is 11.5. The van der Waals surface area contributed by atoms with Gasteiger partial charge in [-0.3, -0.25) is 9.48 Å². The summed E-state index contributed by atoms with van der Waals surface area (Å²) in [6.07, 6.45) is 5.53. The van der Waals surface area contributed by atoms with Crippen molar-refractivity contribution in [3.63, 3.8) is 0 Å². The van der Waals surface area contributed by atoms with E-state index in [1.165, 1.54) is 0 Å². The topological polar surface area (TPSA) is 63.6 Å². The smallest absolute Gasteiger partial charge is 0.250 e. The summed E-state index contributed by atoms with van der Waals surface area (Å²) in [5, 5.41) is 13.4. The highest BCUT2D eigenvalue weighted by Crippen LogP contribution is 2.22. The number of aryl methyl sites for hydroxylation is 1. The molecule has 5 nitrogen and oxygen atoms in total. The predicted molar refractivity (Wildman–Crippen MR) is 87.9 cm³/mol. The molecule has 0 saturated carbocycles. The average molecular weight is 304 g/mol. The quantitative estimate of drug-likeness (QED) is 0.747. The van der Waals surface area contributed by atoms with Crippen molar-refractivity contribution in [3.05, 3.63) is 76.5 Å².